The molecule has 0 aliphatic rings. The largest absolute Gasteiger partial charge is 0.507 e. The zero-order valence-corrected chi connectivity index (χ0v) is 10.4. The molecule has 104 valence electrons. The SMILES string of the molecule is O=C(O)CCCCCNC(=O)c1c(O)cccc1O. The third-order valence-electron chi connectivity index (χ3n) is 2.60. The van der Waals surface area contributed by atoms with Gasteiger partial charge in [0, 0.05) is 13.0 Å². The molecule has 0 aromatic heterocycles. The molecular formula is C13H17NO5. The number of nitrogens with one attached hydrogen (secondary N) is 1. The Morgan fingerprint density at radius 3 is 2.26 bits per heavy atom. The summed E-state index contributed by atoms with van der Waals surface area (Å²) in [6, 6.07) is 4.08. The normalized spacial score (nSPS) is 10.1. The Morgan fingerprint density at radius 2 is 1.68 bits per heavy atom. The molecule has 1 amide bonds. The molecule has 0 bridgehead atoms. The van der Waals surface area contributed by atoms with Crippen LogP contribution in [0.1, 0.15) is 36.0 Å². The van der Waals surface area contributed by atoms with Crippen molar-refractivity contribution in [3.05, 3.63) is 23.8 Å². The van der Waals surface area contributed by atoms with Crippen molar-refractivity contribution in [2.45, 2.75) is 25.7 Å². The number of carbonyl (C=O) groups excluding carboxylic acids is 1. The van der Waals surface area contributed by atoms with Crippen LogP contribution in [0.5, 0.6) is 11.5 Å². The van der Waals surface area contributed by atoms with Gasteiger partial charge in [0.2, 0.25) is 0 Å². The molecule has 1 rings (SSSR count). The number of carbonyl (C=O) groups is 2. The van der Waals surface area contributed by atoms with Gasteiger partial charge in [0.05, 0.1) is 0 Å². The van der Waals surface area contributed by atoms with Crippen LogP contribution in [0.25, 0.3) is 0 Å². The minimum Gasteiger partial charge on any atom is -0.507 e. The summed E-state index contributed by atoms with van der Waals surface area (Å²) in [5, 5.41) is 30.0. The van der Waals surface area contributed by atoms with Gasteiger partial charge in [-0.3, -0.25) is 9.59 Å². The lowest BCUT2D eigenvalue weighted by molar-refractivity contribution is -0.137. The molecule has 1 aromatic rings. The summed E-state index contributed by atoms with van der Waals surface area (Å²) >= 11 is 0. The van der Waals surface area contributed by atoms with E-state index in [1.807, 2.05) is 0 Å². The molecule has 0 saturated carbocycles. The summed E-state index contributed by atoms with van der Waals surface area (Å²) in [5.41, 5.74) is -0.145. The highest BCUT2D eigenvalue weighted by molar-refractivity contribution is 5.99. The Kier molecular flexibility index (Phi) is 5.66. The minimum atomic E-state index is -0.830. The third-order valence-corrected chi connectivity index (χ3v) is 2.60. The summed E-state index contributed by atoms with van der Waals surface area (Å²) < 4.78 is 0. The Hall–Kier alpha value is -2.24. The first-order valence-electron chi connectivity index (χ1n) is 6.03. The standard InChI is InChI=1S/C13H17NO5/c15-9-5-4-6-10(16)12(9)13(19)14-8-3-1-2-7-11(17)18/h4-6,15-16H,1-3,7-8H2,(H,14,19)(H,17,18). The van der Waals surface area contributed by atoms with E-state index in [1.165, 1.54) is 18.2 Å². The number of aromatic hydroxyl groups is 2. The molecule has 0 atom stereocenters. The van der Waals surface area contributed by atoms with Crippen LogP contribution in [0.3, 0.4) is 0 Å². The first kappa shape index (κ1) is 14.8. The molecule has 0 heterocycles. The van der Waals surface area contributed by atoms with Crippen LogP contribution in [0.15, 0.2) is 18.2 Å². The van der Waals surface area contributed by atoms with Crippen molar-refractivity contribution in [3.8, 4) is 11.5 Å². The summed E-state index contributed by atoms with van der Waals surface area (Å²) in [6.45, 7) is 0.367. The summed E-state index contributed by atoms with van der Waals surface area (Å²) in [5.74, 6) is -1.93. The van der Waals surface area contributed by atoms with Crippen LogP contribution in [0.2, 0.25) is 0 Å². The van der Waals surface area contributed by atoms with Crippen molar-refractivity contribution >= 4 is 11.9 Å². The molecule has 0 aliphatic carbocycles. The maximum atomic E-state index is 11.7. The smallest absolute Gasteiger partial charge is 0.303 e. The molecule has 4 N–H and O–H groups in total. The molecule has 0 unspecified atom stereocenters. The van der Waals surface area contributed by atoms with Crippen LogP contribution >= 0.6 is 0 Å². The third kappa shape index (κ3) is 4.87. The molecule has 0 saturated heterocycles. The van der Waals surface area contributed by atoms with Gasteiger partial charge in [-0.25, -0.2) is 0 Å². The monoisotopic (exact) mass is 267 g/mol. The Balaban J connectivity index is 2.34. The number of amides is 1. The Bertz CT molecular complexity index is 438. The van der Waals surface area contributed by atoms with Crippen LogP contribution in [-0.2, 0) is 4.79 Å². The van der Waals surface area contributed by atoms with Gasteiger partial charge in [-0.1, -0.05) is 12.5 Å². The van der Waals surface area contributed by atoms with Gasteiger partial charge in [0.15, 0.2) is 0 Å². The van der Waals surface area contributed by atoms with Crippen molar-refractivity contribution in [2.24, 2.45) is 0 Å². The number of hydrogen-bond donors (Lipinski definition) is 4. The number of phenolic OH excluding ortho intramolecular Hbond substituents is 2. The molecule has 1 aromatic carbocycles. The van der Waals surface area contributed by atoms with Crippen molar-refractivity contribution in [3.63, 3.8) is 0 Å². The molecule has 6 heteroatoms. The second-order valence-electron chi connectivity index (χ2n) is 4.13. The maximum Gasteiger partial charge on any atom is 0.303 e. The number of carboxylic acid groups (broad SMARTS) is 1. The highest BCUT2D eigenvalue weighted by Crippen LogP contribution is 2.25. The van der Waals surface area contributed by atoms with E-state index in [9.17, 15) is 19.8 Å². The highest BCUT2D eigenvalue weighted by Gasteiger charge is 2.14. The molecule has 19 heavy (non-hydrogen) atoms. The van der Waals surface area contributed by atoms with E-state index in [0.717, 1.165) is 0 Å². The Labute approximate surface area is 110 Å². The van der Waals surface area contributed by atoms with E-state index in [4.69, 9.17) is 5.11 Å². The minimum absolute atomic E-state index is 0.119. The first-order valence-corrected chi connectivity index (χ1v) is 6.03. The predicted octanol–water partition coefficient (Wildman–Crippen LogP) is 1.47. The summed E-state index contributed by atoms with van der Waals surface area (Å²) in [6.07, 6.45) is 2.02. The number of rotatable bonds is 7. The van der Waals surface area contributed by atoms with Gasteiger partial charge in [-0.15, -0.1) is 0 Å². The highest BCUT2D eigenvalue weighted by atomic mass is 16.4. The molecule has 0 spiro atoms. The average Bonchev–Trinajstić information content (AvgIpc) is 2.33. The van der Waals surface area contributed by atoms with Gasteiger partial charge in [-0.2, -0.15) is 0 Å². The fourth-order valence-corrected chi connectivity index (χ4v) is 1.63. The van der Waals surface area contributed by atoms with E-state index in [1.54, 1.807) is 0 Å². The summed E-state index contributed by atoms with van der Waals surface area (Å²) in [7, 11) is 0. The topological polar surface area (TPSA) is 107 Å². The van der Waals surface area contributed by atoms with E-state index < -0.39 is 11.9 Å². The molecule has 0 radical (unpaired) electrons. The number of hydrogen-bond acceptors (Lipinski definition) is 4. The molecule has 0 fully saturated rings. The van der Waals surface area contributed by atoms with Crippen LogP contribution < -0.4 is 5.32 Å². The molecular weight excluding hydrogens is 250 g/mol. The van der Waals surface area contributed by atoms with E-state index in [0.29, 0.717) is 25.8 Å². The quantitative estimate of drug-likeness (QED) is 0.560. The number of carboxylic acids is 1. The van der Waals surface area contributed by atoms with Gasteiger partial charge in [-0.05, 0) is 25.0 Å². The van der Waals surface area contributed by atoms with Crippen molar-refractivity contribution < 1.29 is 24.9 Å². The van der Waals surface area contributed by atoms with Crippen LogP contribution in [0, 0.1) is 0 Å². The number of unbranched alkanes of at least 4 members (excludes halogenated alkanes) is 2. The lowest BCUT2D eigenvalue weighted by Crippen LogP contribution is -2.24. The molecule has 6 nitrogen and oxygen atoms in total. The Morgan fingerprint density at radius 1 is 1.05 bits per heavy atom. The fraction of sp³-hybridized carbons (Fsp3) is 0.385. The fourth-order valence-electron chi connectivity index (χ4n) is 1.63. The molecule has 0 aliphatic heterocycles. The lowest BCUT2D eigenvalue weighted by atomic mass is 10.1. The predicted molar refractivity (Wildman–Crippen MR) is 68.2 cm³/mol. The number of phenols is 2. The zero-order chi connectivity index (χ0) is 14.3. The first-order chi connectivity index (χ1) is 9.02. The van der Waals surface area contributed by atoms with Crippen molar-refractivity contribution in [1.82, 2.24) is 5.32 Å². The van der Waals surface area contributed by atoms with E-state index >= 15 is 0 Å². The number of aliphatic carboxylic acids is 1. The van der Waals surface area contributed by atoms with Gasteiger partial charge in [0.1, 0.15) is 17.1 Å². The van der Waals surface area contributed by atoms with E-state index in [-0.39, 0.29) is 23.5 Å². The zero-order valence-electron chi connectivity index (χ0n) is 10.4. The van der Waals surface area contributed by atoms with Crippen molar-refractivity contribution in [1.29, 1.82) is 0 Å². The lowest BCUT2D eigenvalue weighted by Gasteiger charge is -2.08. The summed E-state index contributed by atoms with van der Waals surface area (Å²) in [4.78, 5) is 22.0. The second kappa shape index (κ2) is 7.25. The maximum absolute atomic E-state index is 11.7. The van der Waals surface area contributed by atoms with Crippen LogP contribution in [-0.4, -0.2) is 33.7 Å². The van der Waals surface area contributed by atoms with Crippen LogP contribution in [0.4, 0.5) is 0 Å². The van der Waals surface area contributed by atoms with Gasteiger partial charge < -0.3 is 20.6 Å². The average molecular weight is 267 g/mol. The van der Waals surface area contributed by atoms with Gasteiger partial charge >= 0.3 is 5.97 Å². The van der Waals surface area contributed by atoms with Gasteiger partial charge in [0.25, 0.3) is 5.91 Å². The number of benzene rings is 1. The van der Waals surface area contributed by atoms with E-state index in [2.05, 4.69) is 5.32 Å². The van der Waals surface area contributed by atoms with Crippen molar-refractivity contribution in [2.75, 3.05) is 6.54 Å². The second-order valence-corrected chi connectivity index (χ2v) is 4.13.